The number of benzene rings is 3. The molecule has 0 aromatic heterocycles. The van der Waals surface area contributed by atoms with E-state index in [1.807, 2.05) is 61.5 Å². The molecular weight excluding hydrogens is 384 g/mol. The molecule has 0 aliphatic heterocycles. The fraction of sp³-hybridized carbons (Fsp3) is 0.0833. The van der Waals surface area contributed by atoms with Gasteiger partial charge in [0.2, 0.25) is 0 Å². The number of ether oxygens (including phenoxy) is 1. The number of allylic oxidation sites excluding steroid dienone is 1. The van der Waals surface area contributed by atoms with Crippen LogP contribution in [0.5, 0.6) is 5.75 Å². The maximum absolute atomic E-state index is 12.2. The van der Waals surface area contributed by atoms with Crippen molar-refractivity contribution in [2.24, 2.45) is 0 Å². The Balaban J connectivity index is 1.75. The summed E-state index contributed by atoms with van der Waals surface area (Å²) in [6.07, 6.45) is 1.70. The van der Waals surface area contributed by atoms with Crippen molar-refractivity contribution in [3.05, 3.63) is 94.5 Å². The average molecular weight is 403 g/mol. The summed E-state index contributed by atoms with van der Waals surface area (Å²) in [5.41, 5.74) is 3.57. The number of hydrogen-bond acceptors (Lipinski definition) is 3. The molecule has 1 amide bonds. The van der Waals surface area contributed by atoms with Crippen LogP contribution in [-0.4, -0.2) is 12.5 Å². The lowest BCUT2D eigenvalue weighted by atomic mass is 10.0. The number of hydrogen-bond donors (Lipinski definition) is 1. The molecule has 0 radical (unpaired) electrons. The molecule has 0 bridgehead atoms. The molecule has 0 aliphatic rings. The zero-order chi connectivity index (χ0) is 20.6. The Labute approximate surface area is 175 Å². The standard InChI is InChI=1S/C24H19ClN2O2/c1-17-10-12-20(13-11-17)27-24(28)16-29-23-9-5-2-6-18(23)14-19(15-26)21-7-3-4-8-22(21)25/h2-14H,16H2,1H3,(H,27,28). The van der Waals surface area contributed by atoms with Gasteiger partial charge in [-0.2, -0.15) is 5.26 Å². The van der Waals surface area contributed by atoms with E-state index in [0.717, 1.165) is 5.56 Å². The van der Waals surface area contributed by atoms with Crippen molar-refractivity contribution in [1.82, 2.24) is 0 Å². The van der Waals surface area contributed by atoms with Crippen LogP contribution < -0.4 is 10.1 Å². The Hall–Kier alpha value is -3.55. The van der Waals surface area contributed by atoms with Crippen molar-refractivity contribution < 1.29 is 9.53 Å². The number of para-hydroxylation sites is 1. The SMILES string of the molecule is Cc1ccc(NC(=O)COc2ccccc2C=C(C#N)c2ccccc2Cl)cc1. The maximum atomic E-state index is 12.2. The van der Waals surface area contributed by atoms with Gasteiger partial charge in [0.1, 0.15) is 5.75 Å². The fourth-order valence-electron chi connectivity index (χ4n) is 2.71. The van der Waals surface area contributed by atoms with Gasteiger partial charge in [-0.25, -0.2) is 0 Å². The third-order valence-corrected chi connectivity index (χ3v) is 4.53. The van der Waals surface area contributed by atoms with Gasteiger partial charge in [-0.1, -0.05) is 65.7 Å². The van der Waals surface area contributed by atoms with E-state index in [4.69, 9.17) is 16.3 Å². The third kappa shape index (κ3) is 5.47. The lowest BCUT2D eigenvalue weighted by molar-refractivity contribution is -0.118. The number of nitriles is 1. The molecule has 3 rings (SSSR count). The van der Waals surface area contributed by atoms with Crippen LogP contribution in [0.1, 0.15) is 16.7 Å². The fourth-order valence-corrected chi connectivity index (χ4v) is 2.95. The van der Waals surface area contributed by atoms with Crippen molar-refractivity contribution in [3.8, 4) is 11.8 Å². The summed E-state index contributed by atoms with van der Waals surface area (Å²) in [5, 5.41) is 12.9. The number of amides is 1. The number of carbonyl (C=O) groups excluding carboxylic acids is 1. The number of nitrogens with zero attached hydrogens (tertiary/aromatic N) is 1. The van der Waals surface area contributed by atoms with Crippen LogP contribution in [-0.2, 0) is 4.79 Å². The van der Waals surface area contributed by atoms with Gasteiger partial charge < -0.3 is 10.1 Å². The molecule has 0 aliphatic carbocycles. The number of carbonyl (C=O) groups is 1. The zero-order valence-corrected chi connectivity index (χ0v) is 16.6. The van der Waals surface area contributed by atoms with Crippen LogP contribution >= 0.6 is 11.6 Å². The number of halogens is 1. The lowest BCUT2D eigenvalue weighted by Gasteiger charge is -2.11. The number of anilines is 1. The van der Waals surface area contributed by atoms with Crippen LogP contribution in [0, 0.1) is 18.3 Å². The van der Waals surface area contributed by atoms with Crippen LogP contribution in [0.15, 0.2) is 72.8 Å². The molecule has 0 heterocycles. The normalized spacial score (nSPS) is 10.9. The van der Waals surface area contributed by atoms with Crippen LogP contribution in [0.4, 0.5) is 5.69 Å². The van der Waals surface area contributed by atoms with Gasteiger partial charge >= 0.3 is 0 Å². The summed E-state index contributed by atoms with van der Waals surface area (Å²) in [6.45, 7) is 1.84. The van der Waals surface area contributed by atoms with Crippen molar-refractivity contribution in [2.45, 2.75) is 6.92 Å². The van der Waals surface area contributed by atoms with Gasteiger partial charge in [0, 0.05) is 21.8 Å². The summed E-state index contributed by atoms with van der Waals surface area (Å²) >= 11 is 6.22. The molecule has 3 aromatic rings. The minimum absolute atomic E-state index is 0.146. The Morgan fingerprint density at radius 3 is 2.48 bits per heavy atom. The number of aryl methyl sites for hydroxylation is 1. The quantitative estimate of drug-likeness (QED) is 0.423. The molecule has 3 aromatic carbocycles. The minimum atomic E-state index is -0.265. The summed E-state index contributed by atoms with van der Waals surface area (Å²) in [5.74, 6) is 0.241. The molecule has 0 fully saturated rings. The number of nitrogens with one attached hydrogen (secondary N) is 1. The Kier molecular flexibility index (Phi) is 6.67. The second-order valence-corrected chi connectivity index (χ2v) is 6.80. The highest BCUT2D eigenvalue weighted by Crippen LogP contribution is 2.28. The topological polar surface area (TPSA) is 62.1 Å². The highest BCUT2D eigenvalue weighted by atomic mass is 35.5. The molecule has 0 saturated carbocycles. The van der Waals surface area contributed by atoms with Crippen LogP contribution in [0.3, 0.4) is 0 Å². The highest BCUT2D eigenvalue weighted by Gasteiger charge is 2.09. The largest absolute Gasteiger partial charge is 0.483 e. The molecule has 0 spiro atoms. The Morgan fingerprint density at radius 2 is 1.76 bits per heavy atom. The molecule has 5 heteroatoms. The second-order valence-electron chi connectivity index (χ2n) is 6.39. The third-order valence-electron chi connectivity index (χ3n) is 4.20. The van der Waals surface area contributed by atoms with Gasteiger partial charge in [-0.05, 0) is 37.3 Å². The van der Waals surface area contributed by atoms with Crippen molar-refractivity contribution >= 4 is 34.8 Å². The van der Waals surface area contributed by atoms with E-state index in [0.29, 0.717) is 33.2 Å². The molecular formula is C24H19ClN2O2. The van der Waals surface area contributed by atoms with E-state index in [1.54, 1.807) is 24.3 Å². The molecule has 0 unspecified atom stereocenters. The molecule has 0 atom stereocenters. The molecule has 144 valence electrons. The summed E-state index contributed by atoms with van der Waals surface area (Å²) in [7, 11) is 0. The van der Waals surface area contributed by atoms with Crippen molar-refractivity contribution in [1.29, 1.82) is 5.26 Å². The van der Waals surface area contributed by atoms with Gasteiger partial charge in [0.15, 0.2) is 6.61 Å². The first-order valence-electron chi connectivity index (χ1n) is 9.02. The van der Waals surface area contributed by atoms with Gasteiger partial charge in [0.05, 0.1) is 11.6 Å². The van der Waals surface area contributed by atoms with Gasteiger partial charge in [-0.15, -0.1) is 0 Å². The number of rotatable bonds is 6. The van der Waals surface area contributed by atoms with E-state index in [9.17, 15) is 10.1 Å². The predicted molar refractivity (Wildman–Crippen MR) is 117 cm³/mol. The van der Waals surface area contributed by atoms with Gasteiger partial charge in [0.25, 0.3) is 5.91 Å². The van der Waals surface area contributed by atoms with E-state index < -0.39 is 0 Å². The first-order valence-corrected chi connectivity index (χ1v) is 9.39. The van der Waals surface area contributed by atoms with Gasteiger partial charge in [-0.3, -0.25) is 4.79 Å². The minimum Gasteiger partial charge on any atom is -0.483 e. The second kappa shape index (κ2) is 9.59. The van der Waals surface area contributed by atoms with Crippen molar-refractivity contribution in [3.63, 3.8) is 0 Å². The molecule has 29 heavy (non-hydrogen) atoms. The van der Waals surface area contributed by atoms with Crippen molar-refractivity contribution in [2.75, 3.05) is 11.9 Å². The molecule has 0 saturated heterocycles. The summed E-state index contributed by atoms with van der Waals surface area (Å²) in [4.78, 5) is 12.2. The zero-order valence-electron chi connectivity index (χ0n) is 15.9. The molecule has 4 nitrogen and oxygen atoms in total. The van der Waals surface area contributed by atoms with E-state index in [1.165, 1.54) is 0 Å². The highest BCUT2D eigenvalue weighted by molar-refractivity contribution is 6.32. The van der Waals surface area contributed by atoms with Crippen LogP contribution in [0.2, 0.25) is 5.02 Å². The first kappa shape index (κ1) is 20.2. The smallest absolute Gasteiger partial charge is 0.262 e. The average Bonchev–Trinajstić information content (AvgIpc) is 2.73. The molecule has 1 N–H and O–H groups in total. The Bertz CT molecular complexity index is 1080. The Morgan fingerprint density at radius 1 is 1.07 bits per heavy atom. The van der Waals surface area contributed by atoms with E-state index in [2.05, 4.69) is 11.4 Å². The predicted octanol–water partition coefficient (Wildman–Crippen LogP) is 5.73. The first-order chi connectivity index (χ1) is 14.1. The summed E-state index contributed by atoms with van der Waals surface area (Å²) in [6, 6.07) is 24.1. The van der Waals surface area contributed by atoms with Crippen LogP contribution in [0.25, 0.3) is 11.6 Å². The lowest BCUT2D eigenvalue weighted by Crippen LogP contribution is -2.20. The summed E-state index contributed by atoms with van der Waals surface area (Å²) < 4.78 is 5.71. The maximum Gasteiger partial charge on any atom is 0.262 e. The monoisotopic (exact) mass is 402 g/mol. The van der Waals surface area contributed by atoms with E-state index in [-0.39, 0.29) is 12.5 Å². The van der Waals surface area contributed by atoms with E-state index >= 15 is 0 Å².